The quantitative estimate of drug-likeness (QED) is 0.419. The highest BCUT2D eigenvalue weighted by Gasteiger charge is 2.38. The predicted octanol–water partition coefficient (Wildman–Crippen LogP) is 4.46. The van der Waals surface area contributed by atoms with E-state index in [1.807, 2.05) is 24.3 Å². The normalized spacial score (nSPS) is 21.6. The topological polar surface area (TPSA) is 87.5 Å². The Bertz CT molecular complexity index is 1270. The molecular weight excluding hydrogens is 452 g/mol. The number of hydrogen-bond donors (Lipinski definition) is 0. The minimum atomic E-state index is -3.38. The molecule has 2 saturated carbocycles. The summed E-state index contributed by atoms with van der Waals surface area (Å²) in [6, 6.07) is 14.7. The van der Waals surface area contributed by atoms with Crippen LogP contribution in [0.1, 0.15) is 50.1 Å². The molecule has 0 bridgehead atoms. The number of rotatable bonds is 9. The highest BCUT2D eigenvalue weighted by molar-refractivity contribution is 7.92. The Hall–Kier alpha value is -2.71. The second-order valence-corrected chi connectivity index (χ2v) is 11.6. The number of aromatic nitrogens is 2. The van der Waals surface area contributed by atoms with Gasteiger partial charge in [0.1, 0.15) is 6.04 Å². The van der Waals surface area contributed by atoms with Crippen molar-refractivity contribution in [2.24, 2.45) is 5.92 Å². The molecule has 2 aromatic carbocycles. The van der Waals surface area contributed by atoms with E-state index in [1.165, 1.54) is 7.11 Å². The van der Waals surface area contributed by atoms with Crippen LogP contribution in [0.4, 0.5) is 0 Å². The van der Waals surface area contributed by atoms with E-state index in [2.05, 4.69) is 17.2 Å². The number of esters is 1. The molecule has 2 unspecified atom stereocenters. The van der Waals surface area contributed by atoms with Gasteiger partial charge in [-0.15, -0.1) is 0 Å². The Morgan fingerprint density at radius 1 is 1.09 bits per heavy atom. The monoisotopic (exact) mass is 482 g/mol. The molecule has 3 atom stereocenters. The van der Waals surface area contributed by atoms with E-state index in [0.717, 1.165) is 24.8 Å². The average molecular weight is 483 g/mol. The summed E-state index contributed by atoms with van der Waals surface area (Å²) >= 11 is 0. The Morgan fingerprint density at radius 3 is 2.62 bits per heavy atom. The largest absolute Gasteiger partial charge is 0.467 e. The first-order chi connectivity index (χ1) is 16.5. The molecule has 2 aliphatic rings. The number of methoxy groups -OCH3 is 1. The number of ether oxygens (including phenoxy) is 2. The van der Waals surface area contributed by atoms with E-state index < -0.39 is 15.9 Å². The lowest BCUT2D eigenvalue weighted by atomic mass is 9.98. The van der Waals surface area contributed by atoms with Gasteiger partial charge < -0.3 is 9.47 Å². The van der Waals surface area contributed by atoms with Gasteiger partial charge in [0.25, 0.3) is 0 Å². The Kier molecular flexibility index (Phi) is 6.44. The number of sulfone groups is 1. The first-order valence-corrected chi connectivity index (χ1v) is 13.5. The van der Waals surface area contributed by atoms with Gasteiger partial charge in [-0.25, -0.2) is 13.2 Å². The third kappa shape index (κ3) is 4.61. The summed E-state index contributed by atoms with van der Waals surface area (Å²) in [6.45, 7) is 0.584. The summed E-state index contributed by atoms with van der Waals surface area (Å²) < 4.78 is 38.7. The molecule has 7 nitrogen and oxygen atoms in total. The van der Waals surface area contributed by atoms with E-state index in [4.69, 9.17) is 9.47 Å². The molecule has 0 N–H and O–H groups in total. The van der Waals surface area contributed by atoms with Crippen molar-refractivity contribution in [2.75, 3.05) is 7.11 Å². The first kappa shape index (κ1) is 23.1. The van der Waals surface area contributed by atoms with Gasteiger partial charge in [0.2, 0.25) is 0 Å². The van der Waals surface area contributed by atoms with Gasteiger partial charge >= 0.3 is 5.97 Å². The molecule has 8 heteroatoms. The second kappa shape index (κ2) is 9.50. The van der Waals surface area contributed by atoms with E-state index in [1.54, 1.807) is 23.0 Å². The van der Waals surface area contributed by atoms with Crippen LogP contribution in [0.2, 0.25) is 0 Å². The fraction of sp³-hybridized carbons (Fsp3) is 0.462. The Balaban J connectivity index is 1.33. The smallest absolute Gasteiger partial charge is 0.330 e. The number of benzene rings is 2. The summed E-state index contributed by atoms with van der Waals surface area (Å²) in [5.74, 6) is -0.0726. The van der Waals surface area contributed by atoms with Crippen LogP contribution in [0.25, 0.3) is 10.9 Å². The SMILES string of the molecule is COC(=O)C(C[C@H]1CCC(OCc2ccccc2)C1)n1ncc2c(S(=O)(=O)C3CC3)cccc21. The maximum absolute atomic E-state index is 12.9. The maximum atomic E-state index is 12.9. The molecule has 1 heterocycles. The lowest BCUT2D eigenvalue weighted by Gasteiger charge is -2.20. The number of carbonyl (C=O) groups is 1. The molecule has 0 saturated heterocycles. The zero-order chi connectivity index (χ0) is 23.7. The number of hydrogen-bond acceptors (Lipinski definition) is 6. The summed E-state index contributed by atoms with van der Waals surface area (Å²) in [7, 11) is -2.00. The summed E-state index contributed by atoms with van der Waals surface area (Å²) in [6.07, 6.45) is 6.51. The zero-order valence-electron chi connectivity index (χ0n) is 19.3. The Labute approximate surface area is 200 Å². The van der Waals surface area contributed by atoms with Crippen molar-refractivity contribution in [1.82, 2.24) is 9.78 Å². The van der Waals surface area contributed by atoms with E-state index in [-0.39, 0.29) is 17.3 Å². The molecule has 180 valence electrons. The van der Waals surface area contributed by atoms with Crippen molar-refractivity contribution in [2.45, 2.75) is 67.4 Å². The molecule has 0 radical (unpaired) electrons. The van der Waals surface area contributed by atoms with Gasteiger partial charge in [0.05, 0.1) is 41.7 Å². The van der Waals surface area contributed by atoms with Gasteiger partial charge in [0.15, 0.2) is 9.84 Å². The van der Waals surface area contributed by atoms with Gasteiger partial charge in [-0.1, -0.05) is 36.4 Å². The minimum Gasteiger partial charge on any atom is -0.467 e. The lowest BCUT2D eigenvalue weighted by Crippen LogP contribution is -2.24. The summed E-state index contributed by atoms with van der Waals surface area (Å²) in [5.41, 5.74) is 1.80. The molecule has 2 aliphatic carbocycles. The molecular formula is C26H30N2O5S. The van der Waals surface area contributed by atoms with Crippen molar-refractivity contribution in [3.63, 3.8) is 0 Å². The van der Waals surface area contributed by atoms with Crippen LogP contribution < -0.4 is 0 Å². The van der Waals surface area contributed by atoms with E-state index in [9.17, 15) is 13.2 Å². The Morgan fingerprint density at radius 2 is 1.88 bits per heavy atom. The molecule has 5 rings (SSSR count). The number of nitrogens with zero attached hydrogens (tertiary/aromatic N) is 2. The van der Waals surface area contributed by atoms with Crippen molar-refractivity contribution in [3.8, 4) is 0 Å². The summed E-state index contributed by atoms with van der Waals surface area (Å²) in [4.78, 5) is 13.1. The van der Waals surface area contributed by atoms with Crippen LogP contribution in [-0.2, 0) is 30.7 Å². The standard InChI is InChI=1S/C26H30N2O5S/c1-32-26(29)24(15-19-10-11-20(14-19)33-17-18-6-3-2-4-7-18)28-23-8-5-9-25(22(23)16-27-28)34(30,31)21-12-13-21/h2-9,16,19-21,24H,10-15,17H2,1H3/t19-,20?,24?/m0/s1. The molecule has 0 amide bonds. The third-order valence-corrected chi connectivity index (χ3v) is 9.34. The molecule has 1 aromatic heterocycles. The zero-order valence-corrected chi connectivity index (χ0v) is 20.1. The molecule has 2 fully saturated rings. The van der Waals surface area contributed by atoms with Gasteiger partial charge in [-0.2, -0.15) is 5.10 Å². The first-order valence-electron chi connectivity index (χ1n) is 11.9. The highest BCUT2D eigenvalue weighted by atomic mass is 32.2. The highest BCUT2D eigenvalue weighted by Crippen LogP contribution is 2.38. The maximum Gasteiger partial charge on any atom is 0.330 e. The average Bonchev–Trinajstić information content (AvgIpc) is 3.50. The van der Waals surface area contributed by atoms with Crippen molar-refractivity contribution in [3.05, 3.63) is 60.3 Å². The third-order valence-electron chi connectivity index (χ3n) is 7.02. The molecule has 3 aromatic rings. The van der Waals surface area contributed by atoms with Crippen LogP contribution in [0, 0.1) is 5.92 Å². The van der Waals surface area contributed by atoms with Gasteiger partial charge in [-0.3, -0.25) is 4.68 Å². The van der Waals surface area contributed by atoms with Gasteiger partial charge in [0, 0.05) is 5.39 Å². The molecule has 34 heavy (non-hydrogen) atoms. The second-order valence-electron chi connectivity index (χ2n) is 9.39. The van der Waals surface area contributed by atoms with Crippen LogP contribution in [-0.4, -0.2) is 42.6 Å². The van der Waals surface area contributed by atoms with E-state index in [0.29, 0.717) is 47.6 Å². The van der Waals surface area contributed by atoms with Crippen LogP contribution in [0.5, 0.6) is 0 Å². The van der Waals surface area contributed by atoms with Crippen LogP contribution in [0.15, 0.2) is 59.6 Å². The lowest BCUT2D eigenvalue weighted by molar-refractivity contribution is -0.145. The number of carbonyl (C=O) groups excluding carboxylic acids is 1. The van der Waals surface area contributed by atoms with Crippen molar-refractivity contribution < 1.29 is 22.7 Å². The predicted molar refractivity (Wildman–Crippen MR) is 128 cm³/mol. The molecule has 0 aliphatic heterocycles. The van der Waals surface area contributed by atoms with Crippen LogP contribution in [0.3, 0.4) is 0 Å². The minimum absolute atomic E-state index is 0.160. The van der Waals surface area contributed by atoms with Gasteiger partial charge in [-0.05, 0) is 62.1 Å². The summed E-state index contributed by atoms with van der Waals surface area (Å²) in [5, 5.41) is 4.74. The van der Waals surface area contributed by atoms with Crippen molar-refractivity contribution >= 4 is 26.7 Å². The molecule has 0 spiro atoms. The fourth-order valence-electron chi connectivity index (χ4n) is 5.03. The van der Waals surface area contributed by atoms with Crippen molar-refractivity contribution in [1.29, 1.82) is 0 Å². The van der Waals surface area contributed by atoms with Crippen LogP contribution >= 0.6 is 0 Å². The fourth-order valence-corrected chi connectivity index (χ4v) is 6.88. The van der Waals surface area contributed by atoms with E-state index >= 15 is 0 Å². The number of fused-ring (bicyclic) bond motifs is 1.